The van der Waals surface area contributed by atoms with Crippen LogP contribution in [0.5, 0.6) is 0 Å². The summed E-state index contributed by atoms with van der Waals surface area (Å²) in [5.41, 5.74) is 0.0146. The zero-order valence-electron chi connectivity index (χ0n) is 22.4. The third-order valence-electron chi connectivity index (χ3n) is 6.71. The molecule has 1 heterocycles. The van der Waals surface area contributed by atoms with E-state index in [2.05, 4.69) is 24.1 Å². The molecule has 0 aromatic heterocycles. The third kappa shape index (κ3) is 8.13. The second-order valence-corrected chi connectivity index (χ2v) is 10.3. The molecule has 1 saturated heterocycles. The van der Waals surface area contributed by atoms with Crippen molar-refractivity contribution in [2.24, 2.45) is 5.41 Å². The predicted octanol–water partition coefficient (Wildman–Crippen LogP) is 3.92. The summed E-state index contributed by atoms with van der Waals surface area (Å²) in [4.78, 5) is 43.0. The minimum absolute atomic E-state index is 0.0667. The van der Waals surface area contributed by atoms with Crippen molar-refractivity contribution in [1.82, 2.24) is 15.1 Å². The second kappa shape index (κ2) is 13.1. The van der Waals surface area contributed by atoms with Gasteiger partial charge in [-0.15, -0.1) is 0 Å². The average molecular weight is 466 g/mol. The van der Waals surface area contributed by atoms with Gasteiger partial charge in [0.05, 0.1) is 18.7 Å². The molecule has 7 heteroatoms. The lowest BCUT2D eigenvalue weighted by molar-refractivity contribution is -0.141. The first-order valence-corrected chi connectivity index (χ1v) is 12.6. The molecule has 0 aromatic carbocycles. The molecule has 1 N–H and O–H groups in total. The Morgan fingerprint density at radius 3 is 2.30 bits per heavy atom. The minimum Gasteiger partial charge on any atom is -0.463 e. The Bertz CT molecular complexity index is 698. The fraction of sp³-hybridized carbons (Fsp3) is 0.808. The summed E-state index contributed by atoms with van der Waals surface area (Å²) in [6, 6.07) is -0.812. The third-order valence-corrected chi connectivity index (χ3v) is 6.71. The number of nitrogens with one attached hydrogen (secondary N) is 1. The van der Waals surface area contributed by atoms with E-state index < -0.39 is 11.5 Å². The van der Waals surface area contributed by atoms with Crippen LogP contribution in [0.4, 0.5) is 0 Å². The van der Waals surface area contributed by atoms with Crippen LogP contribution in [0.1, 0.15) is 87.5 Å². The first-order chi connectivity index (χ1) is 15.4. The van der Waals surface area contributed by atoms with Crippen LogP contribution in [0.15, 0.2) is 11.6 Å². The number of likely N-dealkylation sites (tertiary alicyclic amines) is 1. The van der Waals surface area contributed by atoms with Gasteiger partial charge in [0, 0.05) is 18.7 Å². The monoisotopic (exact) mass is 465 g/mol. The van der Waals surface area contributed by atoms with Crippen LogP contribution in [0.3, 0.4) is 0 Å². The largest absolute Gasteiger partial charge is 0.463 e. The fourth-order valence-electron chi connectivity index (χ4n) is 4.36. The summed E-state index contributed by atoms with van der Waals surface area (Å²) < 4.78 is 5.08. The maximum Gasteiger partial charge on any atom is 0.333 e. The first kappa shape index (κ1) is 29.1. The zero-order chi connectivity index (χ0) is 25.3. The van der Waals surface area contributed by atoms with Crippen LogP contribution >= 0.6 is 0 Å². The Morgan fingerprint density at radius 2 is 1.79 bits per heavy atom. The van der Waals surface area contributed by atoms with Crippen LogP contribution < -0.4 is 5.32 Å². The number of carbonyl (C=O) groups excluding carboxylic acids is 3. The maximum atomic E-state index is 13.6. The van der Waals surface area contributed by atoms with E-state index in [1.165, 1.54) is 0 Å². The molecular formula is C26H47N3O4. The molecule has 0 saturated carbocycles. The van der Waals surface area contributed by atoms with Crippen molar-refractivity contribution >= 4 is 17.8 Å². The zero-order valence-corrected chi connectivity index (χ0v) is 22.4. The quantitative estimate of drug-likeness (QED) is 0.391. The first-order valence-electron chi connectivity index (χ1n) is 12.6. The van der Waals surface area contributed by atoms with Crippen molar-refractivity contribution < 1.29 is 19.1 Å². The van der Waals surface area contributed by atoms with Crippen LogP contribution in [-0.4, -0.2) is 72.0 Å². The number of piperidine rings is 1. The van der Waals surface area contributed by atoms with E-state index in [-0.39, 0.29) is 29.9 Å². The smallest absolute Gasteiger partial charge is 0.333 e. The van der Waals surface area contributed by atoms with Gasteiger partial charge < -0.3 is 15.0 Å². The molecule has 4 atom stereocenters. The maximum absolute atomic E-state index is 13.6. The molecule has 1 fully saturated rings. The molecule has 7 nitrogen and oxygen atoms in total. The number of esters is 1. The van der Waals surface area contributed by atoms with Crippen molar-refractivity contribution in [3.8, 4) is 0 Å². The Hall–Kier alpha value is -1.89. The standard InChI is InChI=1S/C26H47N3O4/c1-10-19(5)29-16-14-13-15-21(29)23(30)27-22(26(6,7)8)24(31)28(9)20(11-2)17-18(4)25(32)33-12-3/h17,19-22H,10-16H2,1-9H3,(H,27,30)/b18-17+/t19?,20-,21+,22+/m0/s1. The van der Waals surface area contributed by atoms with E-state index in [9.17, 15) is 14.4 Å². The number of likely N-dealkylation sites (N-methyl/N-ethyl adjacent to an activating group) is 1. The summed E-state index contributed by atoms with van der Waals surface area (Å²) in [6.45, 7) is 16.9. The van der Waals surface area contributed by atoms with Gasteiger partial charge >= 0.3 is 5.97 Å². The highest BCUT2D eigenvalue weighted by Gasteiger charge is 2.39. The number of nitrogens with zero attached hydrogens (tertiary/aromatic N) is 2. The van der Waals surface area contributed by atoms with Crippen molar-refractivity contribution in [3.05, 3.63) is 11.6 Å². The number of rotatable bonds is 10. The Kier molecular flexibility index (Phi) is 11.6. The highest BCUT2D eigenvalue weighted by Crippen LogP contribution is 2.25. The fourth-order valence-corrected chi connectivity index (χ4v) is 4.36. The van der Waals surface area contributed by atoms with Gasteiger partial charge in [-0.25, -0.2) is 4.79 Å². The van der Waals surface area contributed by atoms with Crippen LogP contribution in [0, 0.1) is 5.41 Å². The topological polar surface area (TPSA) is 79.0 Å². The molecule has 33 heavy (non-hydrogen) atoms. The molecule has 0 spiro atoms. The van der Waals surface area contributed by atoms with Gasteiger partial charge in [0.1, 0.15) is 6.04 Å². The highest BCUT2D eigenvalue weighted by atomic mass is 16.5. The minimum atomic E-state index is -0.666. The van der Waals surface area contributed by atoms with Crippen LogP contribution in [0.2, 0.25) is 0 Å². The lowest BCUT2D eigenvalue weighted by Crippen LogP contribution is -2.60. The number of hydrogen-bond acceptors (Lipinski definition) is 5. The second-order valence-electron chi connectivity index (χ2n) is 10.3. The molecule has 0 bridgehead atoms. The summed E-state index contributed by atoms with van der Waals surface area (Å²) in [5, 5.41) is 3.11. The van der Waals surface area contributed by atoms with Gasteiger partial charge in [0.2, 0.25) is 11.8 Å². The Labute approximate surface area is 201 Å². The number of amides is 2. The summed E-state index contributed by atoms with van der Waals surface area (Å²) in [7, 11) is 1.74. The Morgan fingerprint density at radius 1 is 1.15 bits per heavy atom. The predicted molar refractivity (Wildman–Crippen MR) is 133 cm³/mol. The van der Waals surface area contributed by atoms with Gasteiger partial charge in [-0.2, -0.15) is 0 Å². The van der Waals surface area contributed by atoms with E-state index >= 15 is 0 Å². The van der Waals surface area contributed by atoms with Gasteiger partial charge in [0.25, 0.3) is 0 Å². The number of carbonyl (C=O) groups is 3. The molecule has 0 radical (unpaired) electrons. The van der Waals surface area contributed by atoms with Crippen molar-refractivity contribution in [1.29, 1.82) is 0 Å². The molecule has 2 amide bonds. The molecule has 0 aliphatic carbocycles. The molecule has 190 valence electrons. The molecule has 1 rings (SSSR count). The number of hydrogen-bond donors (Lipinski definition) is 1. The summed E-state index contributed by atoms with van der Waals surface area (Å²) in [5.74, 6) is -0.593. The van der Waals surface area contributed by atoms with E-state index in [4.69, 9.17) is 4.74 Å². The van der Waals surface area contributed by atoms with E-state index in [1.807, 2.05) is 27.7 Å². The van der Waals surface area contributed by atoms with Gasteiger partial charge in [-0.05, 0) is 58.4 Å². The lowest BCUT2D eigenvalue weighted by atomic mass is 9.85. The normalized spacial score (nSPS) is 20.5. The van der Waals surface area contributed by atoms with Crippen LogP contribution in [0.25, 0.3) is 0 Å². The summed E-state index contributed by atoms with van der Waals surface area (Å²) >= 11 is 0. The lowest BCUT2D eigenvalue weighted by Gasteiger charge is -2.41. The van der Waals surface area contributed by atoms with E-state index in [0.717, 1.165) is 32.2 Å². The van der Waals surface area contributed by atoms with Gasteiger partial charge in [-0.1, -0.05) is 47.1 Å². The van der Waals surface area contributed by atoms with Gasteiger partial charge in [0.15, 0.2) is 0 Å². The summed E-state index contributed by atoms with van der Waals surface area (Å²) in [6.07, 6.45) is 6.35. The van der Waals surface area contributed by atoms with E-state index in [1.54, 1.807) is 31.9 Å². The van der Waals surface area contributed by atoms with Crippen molar-refractivity contribution in [2.75, 3.05) is 20.2 Å². The van der Waals surface area contributed by atoms with Crippen LogP contribution in [-0.2, 0) is 19.1 Å². The number of ether oxygens (including phenoxy) is 1. The average Bonchev–Trinajstić information content (AvgIpc) is 2.78. The molecule has 1 aliphatic rings. The van der Waals surface area contributed by atoms with Crippen molar-refractivity contribution in [3.63, 3.8) is 0 Å². The molecular weight excluding hydrogens is 418 g/mol. The van der Waals surface area contributed by atoms with Crippen molar-refractivity contribution in [2.45, 2.75) is 112 Å². The Balaban J connectivity index is 3.09. The van der Waals surface area contributed by atoms with Gasteiger partial charge in [-0.3, -0.25) is 14.5 Å². The molecule has 1 unspecified atom stereocenters. The highest BCUT2D eigenvalue weighted by molar-refractivity contribution is 5.91. The van der Waals surface area contributed by atoms with E-state index in [0.29, 0.717) is 24.6 Å². The molecule has 1 aliphatic heterocycles. The SMILES string of the molecule is CCOC(=O)/C(C)=C/[C@H](CC)N(C)C(=O)[C@@H](NC(=O)[C@H]1CCCCN1C(C)CC)C(C)(C)C. The molecule has 0 aromatic rings.